The van der Waals surface area contributed by atoms with Crippen molar-refractivity contribution < 1.29 is 19.2 Å². The van der Waals surface area contributed by atoms with Crippen molar-refractivity contribution in [3.63, 3.8) is 0 Å². The lowest BCUT2D eigenvalue weighted by atomic mass is 10.0. The normalized spacial score (nSPS) is 9.73. The van der Waals surface area contributed by atoms with E-state index in [2.05, 4.69) is 17.1 Å². The molecule has 0 saturated heterocycles. The van der Waals surface area contributed by atoms with Gasteiger partial charge in [-0.25, -0.2) is 9.59 Å². The highest BCUT2D eigenvalue weighted by atomic mass is 16.7. The van der Waals surface area contributed by atoms with Crippen molar-refractivity contribution in [3.05, 3.63) is 83.9 Å². The zero-order valence-electron chi connectivity index (χ0n) is 14.5. The highest BCUT2D eigenvalue weighted by Crippen LogP contribution is 2.11. The minimum absolute atomic E-state index is 0.0226. The van der Waals surface area contributed by atoms with E-state index in [0.29, 0.717) is 11.3 Å². The minimum Gasteiger partial charge on any atom is -0.460 e. The number of carbonyl (C=O) groups excluding carboxylic acids is 2. The number of hydrogen-bond donors (Lipinski definition) is 1. The summed E-state index contributed by atoms with van der Waals surface area (Å²) in [6.45, 7) is 5.15. The van der Waals surface area contributed by atoms with Crippen molar-refractivity contribution in [2.24, 2.45) is 5.16 Å². The molecule has 1 N–H and O–H groups in total. The molecule has 0 unspecified atom stereocenters. The van der Waals surface area contributed by atoms with Gasteiger partial charge in [0, 0.05) is 16.7 Å². The first-order valence-corrected chi connectivity index (χ1v) is 8.04. The summed E-state index contributed by atoms with van der Waals surface area (Å²) in [4.78, 5) is 28.0. The van der Waals surface area contributed by atoms with Gasteiger partial charge in [-0.15, -0.1) is 0 Å². The van der Waals surface area contributed by atoms with Crippen molar-refractivity contribution in [3.8, 4) is 0 Å². The molecule has 2 aromatic rings. The maximum Gasteiger partial charge on any atom is 0.433 e. The van der Waals surface area contributed by atoms with Crippen molar-refractivity contribution in [1.29, 1.82) is 0 Å². The predicted octanol–water partition coefficient (Wildman–Crippen LogP) is 3.28. The Kier molecular flexibility index (Phi) is 7.12. The number of carbonyl (C=O) groups is 2. The third kappa shape index (κ3) is 5.90. The number of hydrogen-bond acceptors (Lipinski definition) is 5. The van der Waals surface area contributed by atoms with Crippen LogP contribution in [-0.4, -0.2) is 30.9 Å². The fourth-order valence-electron chi connectivity index (χ4n) is 2.00. The van der Waals surface area contributed by atoms with E-state index in [0.717, 1.165) is 11.1 Å². The third-order valence-corrected chi connectivity index (χ3v) is 3.27. The first-order valence-electron chi connectivity index (χ1n) is 8.04. The second-order valence-electron chi connectivity index (χ2n) is 5.39. The fraction of sp³-hybridized carbons (Fsp3) is 0.150. The number of esters is 1. The summed E-state index contributed by atoms with van der Waals surface area (Å²) in [7, 11) is 0. The maximum atomic E-state index is 11.8. The molecule has 0 aliphatic carbocycles. The van der Waals surface area contributed by atoms with Gasteiger partial charge in [-0.3, -0.25) is 4.84 Å². The molecule has 6 nitrogen and oxygen atoms in total. The molecule has 2 rings (SSSR count). The van der Waals surface area contributed by atoms with Crippen LogP contribution in [-0.2, 0) is 14.4 Å². The summed E-state index contributed by atoms with van der Waals surface area (Å²) in [6, 6.07) is 18.8. The van der Waals surface area contributed by atoms with Crippen LogP contribution in [0.3, 0.4) is 0 Å². The highest BCUT2D eigenvalue weighted by Gasteiger charge is 2.09. The molecule has 0 radical (unpaired) electrons. The molecule has 0 atom stereocenters. The first-order chi connectivity index (χ1) is 12.6. The van der Waals surface area contributed by atoms with E-state index >= 15 is 0 Å². The maximum absolute atomic E-state index is 11.8. The Morgan fingerprint density at radius 2 is 1.54 bits per heavy atom. The number of amides is 1. The van der Waals surface area contributed by atoms with E-state index in [1.165, 1.54) is 0 Å². The Balaban J connectivity index is 1.96. The molecule has 134 valence electrons. The summed E-state index contributed by atoms with van der Waals surface area (Å²) >= 11 is 0. The molecule has 0 fully saturated rings. The molecule has 0 bridgehead atoms. The summed E-state index contributed by atoms with van der Waals surface area (Å²) in [5.41, 5.74) is 2.48. The predicted molar refractivity (Wildman–Crippen MR) is 98.8 cm³/mol. The molecular weight excluding hydrogens is 332 g/mol. The van der Waals surface area contributed by atoms with Crippen LogP contribution in [0.1, 0.15) is 18.1 Å². The van der Waals surface area contributed by atoms with Crippen LogP contribution in [0, 0.1) is 0 Å². The van der Waals surface area contributed by atoms with Crippen molar-refractivity contribution in [2.45, 2.75) is 6.92 Å². The Hall–Kier alpha value is -3.41. The SMILES string of the molecule is C=C(C)C(=O)OCCNC(=O)ON=C(c1ccccc1)c1ccccc1. The third-order valence-electron chi connectivity index (χ3n) is 3.27. The molecule has 0 aliphatic heterocycles. The van der Waals surface area contributed by atoms with Gasteiger partial charge < -0.3 is 10.1 Å². The molecule has 26 heavy (non-hydrogen) atoms. The van der Waals surface area contributed by atoms with Gasteiger partial charge in [0.1, 0.15) is 12.3 Å². The van der Waals surface area contributed by atoms with E-state index in [9.17, 15) is 9.59 Å². The van der Waals surface area contributed by atoms with Crippen LogP contribution in [0.2, 0.25) is 0 Å². The smallest absolute Gasteiger partial charge is 0.433 e. The largest absolute Gasteiger partial charge is 0.460 e. The standard InChI is InChI=1S/C20H20N2O4/c1-15(2)19(23)25-14-13-21-20(24)26-22-18(16-9-5-3-6-10-16)17-11-7-4-8-12-17/h3-12H,1,13-14H2,2H3,(H,21,24). The van der Waals surface area contributed by atoms with E-state index < -0.39 is 12.1 Å². The number of ether oxygens (including phenoxy) is 1. The zero-order valence-corrected chi connectivity index (χ0v) is 14.5. The molecule has 0 aliphatic rings. The number of nitrogens with one attached hydrogen (secondary N) is 1. The average molecular weight is 352 g/mol. The van der Waals surface area contributed by atoms with Crippen molar-refractivity contribution in [1.82, 2.24) is 5.32 Å². The lowest BCUT2D eigenvalue weighted by Gasteiger charge is -2.08. The monoisotopic (exact) mass is 352 g/mol. The summed E-state index contributed by atoms with van der Waals surface area (Å²) in [5, 5.41) is 6.45. The Morgan fingerprint density at radius 3 is 2.04 bits per heavy atom. The Bertz CT molecular complexity index is 744. The van der Waals surface area contributed by atoms with Gasteiger partial charge in [-0.05, 0) is 6.92 Å². The van der Waals surface area contributed by atoms with Crippen molar-refractivity contribution >= 4 is 17.8 Å². The molecule has 2 aromatic carbocycles. The van der Waals surface area contributed by atoms with Crippen LogP contribution in [0.25, 0.3) is 0 Å². The number of benzene rings is 2. The lowest BCUT2D eigenvalue weighted by Crippen LogP contribution is -2.28. The number of rotatable bonds is 7. The molecule has 0 spiro atoms. The van der Waals surface area contributed by atoms with Crippen LogP contribution >= 0.6 is 0 Å². The Morgan fingerprint density at radius 1 is 1.00 bits per heavy atom. The average Bonchev–Trinajstić information content (AvgIpc) is 2.67. The van der Waals surface area contributed by atoms with E-state index in [1.54, 1.807) is 6.92 Å². The van der Waals surface area contributed by atoms with Gasteiger partial charge in [-0.1, -0.05) is 72.4 Å². The molecular formula is C20H20N2O4. The zero-order chi connectivity index (χ0) is 18.8. The van der Waals surface area contributed by atoms with Gasteiger partial charge in [0.25, 0.3) is 0 Å². The van der Waals surface area contributed by atoms with Gasteiger partial charge >= 0.3 is 12.1 Å². The number of nitrogens with zero attached hydrogens (tertiary/aromatic N) is 1. The topological polar surface area (TPSA) is 77.0 Å². The molecule has 6 heteroatoms. The van der Waals surface area contributed by atoms with Gasteiger partial charge in [0.2, 0.25) is 0 Å². The van der Waals surface area contributed by atoms with E-state index in [-0.39, 0.29) is 13.2 Å². The molecule has 0 heterocycles. The van der Waals surface area contributed by atoms with Crippen LogP contribution in [0.15, 0.2) is 78.0 Å². The second-order valence-corrected chi connectivity index (χ2v) is 5.39. The van der Waals surface area contributed by atoms with E-state index in [1.807, 2.05) is 60.7 Å². The van der Waals surface area contributed by atoms with Gasteiger partial charge in [0.15, 0.2) is 0 Å². The molecule has 1 amide bonds. The molecule has 0 saturated carbocycles. The minimum atomic E-state index is -0.735. The van der Waals surface area contributed by atoms with Crippen LogP contribution in [0.4, 0.5) is 4.79 Å². The van der Waals surface area contributed by atoms with Crippen molar-refractivity contribution in [2.75, 3.05) is 13.2 Å². The van der Waals surface area contributed by atoms with Crippen LogP contribution < -0.4 is 5.32 Å². The van der Waals surface area contributed by atoms with Gasteiger partial charge in [-0.2, -0.15) is 0 Å². The van der Waals surface area contributed by atoms with Crippen LogP contribution in [0.5, 0.6) is 0 Å². The summed E-state index contributed by atoms with van der Waals surface area (Å²) in [5.74, 6) is -0.506. The fourth-order valence-corrected chi connectivity index (χ4v) is 2.00. The summed E-state index contributed by atoms with van der Waals surface area (Å²) < 4.78 is 4.87. The van der Waals surface area contributed by atoms with Gasteiger partial charge in [0.05, 0.1) is 6.54 Å². The first kappa shape index (κ1) is 18.9. The highest BCUT2D eigenvalue weighted by molar-refractivity contribution is 6.12. The Labute approximate surface area is 152 Å². The molecule has 0 aromatic heterocycles. The second kappa shape index (κ2) is 9.78. The lowest BCUT2D eigenvalue weighted by molar-refractivity contribution is -0.138. The summed E-state index contributed by atoms with van der Waals surface area (Å²) in [6.07, 6.45) is -0.735. The number of oxime groups is 1. The quantitative estimate of drug-likeness (QED) is 0.207. The van der Waals surface area contributed by atoms with E-state index in [4.69, 9.17) is 9.57 Å².